The number of halogens is 2. The molecule has 1 aromatic rings. The number of carbonyl (C=O) groups excluding carboxylic acids is 1. The van der Waals surface area contributed by atoms with E-state index in [2.05, 4.69) is 13.2 Å². The highest BCUT2D eigenvalue weighted by atomic mass is 35.5. The third kappa shape index (κ3) is 3.13. The number of hydrogen-bond acceptors (Lipinski definition) is 2. The highest BCUT2D eigenvalue weighted by molar-refractivity contribution is 6.42. The molecule has 2 aliphatic rings. The monoisotopic (exact) mass is 351 g/mol. The van der Waals surface area contributed by atoms with Crippen molar-refractivity contribution in [1.82, 2.24) is 4.90 Å². The highest BCUT2D eigenvalue weighted by Crippen LogP contribution is 2.44. The lowest BCUT2D eigenvalue weighted by molar-refractivity contribution is -0.130. The number of amides is 1. The van der Waals surface area contributed by atoms with E-state index in [0.29, 0.717) is 35.4 Å². The van der Waals surface area contributed by atoms with Crippen molar-refractivity contribution in [2.24, 2.45) is 0 Å². The van der Waals surface area contributed by atoms with Crippen molar-refractivity contribution in [3.63, 3.8) is 0 Å². The van der Waals surface area contributed by atoms with Gasteiger partial charge in [-0.2, -0.15) is 0 Å². The Labute approximate surface area is 146 Å². The first-order chi connectivity index (χ1) is 11.0. The second-order valence-electron chi connectivity index (χ2n) is 6.13. The Morgan fingerprint density at radius 3 is 2.70 bits per heavy atom. The predicted molar refractivity (Wildman–Crippen MR) is 93.4 cm³/mol. The standard InChI is InChI=1S/C18H19Cl2NO2/c1-3-6-23-15-5-4-14(19)18(20)17(15)12-9-16(22)21(10-12)13-7-11(2)8-13/h3-5,12-13H,1-2,6-10H2. The molecule has 5 heteroatoms. The van der Waals surface area contributed by atoms with E-state index in [9.17, 15) is 4.79 Å². The van der Waals surface area contributed by atoms with Gasteiger partial charge in [0.15, 0.2) is 0 Å². The third-order valence-corrected chi connectivity index (χ3v) is 5.32. The van der Waals surface area contributed by atoms with Crippen molar-refractivity contribution in [3.05, 3.63) is 52.5 Å². The molecule has 1 saturated heterocycles. The molecule has 23 heavy (non-hydrogen) atoms. The Kier molecular flexibility index (Phi) is 4.69. The van der Waals surface area contributed by atoms with Crippen LogP contribution in [0.15, 0.2) is 36.9 Å². The molecular formula is C18H19Cl2NO2. The average molecular weight is 352 g/mol. The van der Waals surface area contributed by atoms with Crippen LogP contribution in [0.1, 0.15) is 30.7 Å². The van der Waals surface area contributed by atoms with Crippen LogP contribution < -0.4 is 4.74 Å². The van der Waals surface area contributed by atoms with E-state index in [1.54, 1.807) is 12.1 Å². The van der Waals surface area contributed by atoms with Gasteiger partial charge >= 0.3 is 0 Å². The summed E-state index contributed by atoms with van der Waals surface area (Å²) in [6.07, 6.45) is 3.93. The topological polar surface area (TPSA) is 29.5 Å². The first-order valence-electron chi connectivity index (χ1n) is 7.69. The van der Waals surface area contributed by atoms with E-state index in [-0.39, 0.29) is 17.9 Å². The molecule has 1 aliphatic carbocycles. The molecular weight excluding hydrogens is 333 g/mol. The molecule has 2 fully saturated rings. The Morgan fingerprint density at radius 1 is 1.30 bits per heavy atom. The first kappa shape index (κ1) is 16.4. The molecule has 122 valence electrons. The van der Waals surface area contributed by atoms with Gasteiger partial charge in [-0.05, 0) is 25.0 Å². The van der Waals surface area contributed by atoms with Gasteiger partial charge in [-0.1, -0.05) is 48.0 Å². The molecule has 1 saturated carbocycles. The Morgan fingerprint density at radius 2 is 2.04 bits per heavy atom. The predicted octanol–water partition coefficient (Wildman–Crippen LogP) is 4.59. The average Bonchev–Trinajstić information content (AvgIpc) is 2.86. The molecule has 0 radical (unpaired) electrons. The molecule has 0 bridgehead atoms. The number of carbonyl (C=O) groups is 1. The van der Waals surface area contributed by atoms with Gasteiger partial charge in [0.05, 0.1) is 10.0 Å². The number of benzene rings is 1. The fraction of sp³-hybridized carbons (Fsp3) is 0.389. The van der Waals surface area contributed by atoms with Gasteiger partial charge in [0.1, 0.15) is 12.4 Å². The molecule has 1 atom stereocenters. The van der Waals surface area contributed by atoms with Gasteiger partial charge in [0.25, 0.3) is 0 Å². The van der Waals surface area contributed by atoms with Crippen molar-refractivity contribution < 1.29 is 9.53 Å². The van der Waals surface area contributed by atoms with Crippen LogP contribution in [0, 0.1) is 0 Å². The number of likely N-dealkylation sites (tertiary alicyclic amines) is 1. The SMILES string of the molecule is C=CCOc1ccc(Cl)c(Cl)c1C1CC(=O)N(C2CC(=C)C2)C1. The lowest BCUT2D eigenvalue weighted by Gasteiger charge is -2.36. The van der Waals surface area contributed by atoms with Gasteiger partial charge in [-0.3, -0.25) is 4.79 Å². The van der Waals surface area contributed by atoms with Crippen LogP contribution in [0.4, 0.5) is 0 Å². The number of rotatable bonds is 5. The molecule has 1 aromatic carbocycles. The minimum absolute atomic E-state index is 0.00220. The Hall–Kier alpha value is -1.45. The molecule has 3 rings (SSSR count). The van der Waals surface area contributed by atoms with Gasteiger partial charge in [-0.15, -0.1) is 0 Å². The van der Waals surface area contributed by atoms with Gasteiger partial charge in [-0.25, -0.2) is 0 Å². The van der Waals surface area contributed by atoms with E-state index in [1.165, 1.54) is 5.57 Å². The molecule has 1 aliphatic heterocycles. The molecule has 3 nitrogen and oxygen atoms in total. The summed E-state index contributed by atoms with van der Waals surface area (Å²) < 4.78 is 5.72. The Bertz CT molecular complexity index is 663. The van der Waals surface area contributed by atoms with Crippen LogP contribution in [0.25, 0.3) is 0 Å². The lowest BCUT2D eigenvalue weighted by Crippen LogP contribution is -2.42. The van der Waals surface area contributed by atoms with Gasteiger partial charge < -0.3 is 9.64 Å². The van der Waals surface area contributed by atoms with Crippen molar-refractivity contribution >= 4 is 29.1 Å². The maximum absolute atomic E-state index is 12.4. The van der Waals surface area contributed by atoms with Crippen molar-refractivity contribution in [1.29, 1.82) is 0 Å². The second-order valence-corrected chi connectivity index (χ2v) is 6.92. The highest BCUT2D eigenvalue weighted by Gasteiger charge is 2.40. The zero-order chi connectivity index (χ0) is 16.6. The zero-order valence-corrected chi connectivity index (χ0v) is 14.4. The number of hydrogen-bond donors (Lipinski definition) is 0. The summed E-state index contributed by atoms with van der Waals surface area (Å²) in [5.74, 6) is 0.845. The molecule has 1 amide bonds. The summed E-state index contributed by atoms with van der Waals surface area (Å²) in [6, 6.07) is 3.82. The lowest BCUT2D eigenvalue weighted by atomic mass is 9.86. The van der Waals surface area contributed by atoms with E-state index < -0.39 is 0 Å². The fourth-order valence-corrected chi connectivity index (χ4v) is 3.78. The number of ether oxygens (including phenoxy) is 1. The smallest absolute Gasteiger partial charge is 0.223 e. The fourth-order valence-electron chi connectivity index (χ4n) is 3.31. The maximum Gasteiger partial charge on any atom is 0.223 e. The maximum atomic E-state index is 12.4. The second kappa shape index (κ2) is 6.58. The van der Waals surface area contributed by atoms with E-state index in [4.69, 9.17) is 27.9 Å². The van der Waals surface area contributed by atoms with Crippen molar-refractivity contribution in [3.8, 4) is 5.75 Å². The third-order valence-electron chi connectivity index (χ3n) is 4.51. The quantitative estimate of drug-likeness (QED) is 0.726. The number of nitrogens with zero attached hydrogens (tertiary/aromatic N) is 1. The van der Waals surface area contributed by atoms with Crippen LogP contribution in [-0.2, 0) is 4.79 Å². The van der Waals surface area contributed by atoms with Crippen molar-refractivity contribution in [2.45, 2.75) is 31.2 Å². The summed E-state index contributed by atoms with van der Waals surface area (Å²) in [4.78, 5) is 14.3. The van der Waals surface area contributed by atoms with Crippen LogP contribution >= 0.6 is 23.2 Å². The largest absolute Gasteiger partial charge is 0.489 e. The van der Waals surface area contributed by atoms with Crippen LogP contribution in [0.2, 0.25) is 10.0 Å². The molecule has 1 unspecified atom stereocenters. The minimum atomic E-state index is 0.00220. The molecule has 0 aromatic heterocycles. The van der Waals surface area contributed by atoms with E-state index in [0.717, 1.165) is 18.4 Å². The molecule has 1 heterocycles. The summed E-state index contributed by atoms with van der Waals surface area (Å²) >= 11 is 12.6. The summed E-state index contributed by atoms with van der Waals surface area (Å²) in [5.41, 5.74) is 2.04. The minimum Gasteiger partial charge on any atom is -0.489 e. The van der Waals surface area contributed by atoms with Crippen LogP contribution in [0.3, 0.4) is 0 Å². The van der Waals surface area contributed by atoms with E-state index in [1.807, 2.05) is 11.0 Å². The Balaban J connectivity index is 1.86. The molecule has 0 N–H and O–H groups in total. The summed E-state index contributed by atoms with van der Waals surface area (Å²) in [7, 11) is 0. The van der Waals surface area contributed by atoms with Gasteiger partial charge in [0.2, 0.25) is 5.91 Å². The van der Waals surface area contributed by atoms with Crippen molar-refractivity contribution in [2.75, 3.05) is 13.2 Å². The summed E-state index contributed by atoms with van der Waals surface area (Å²) in [5, 5.41) is 0.960. The normalized spacial score (nSPS) is 21.5. The van der Waals surface area contributed by atoms with E-state index >= 15 is 0 Å². The van der Waals surface area contributed by atoms with Crippen LogP contribution in [-0.4, -0.2) is 30.0 Å². The van der Waals surface area contributed by atoms with Gasteiger partial charge in [0, 0.05) is 30.5 Å². The summed E-state index contributed by atoms with van der Waals surface area (Å²) in [6.45, 7) is 8.65. The zero-order valence-electron chi connectivity index (χ0n) is 12.9. The molecule has 0 spiro atoms. The first-order valence-corrected chi connectivity index (χ1v) is 8.44. The van der Waals surface area contributed by atoms with Crippen LogP contribution in [0.5, 0.6) is 5.75 Å².